The second-order valence-corrected chi connectivity index (χ2v) is 6.52. The van der Waals surface area contributed by atoms with Gasteiger partial charge >= 0.3 is 0 Å². The molecule has 3 rings (SSSR count). The predicted octanol–water partition coefficient (Wildman–Crippen LogP) is 4.64. The molecule has 0 heterocycles. The van der Waals surface area contributed by atoms with Crippen LogP contribution in [0.1, 0.15) is 11.1 Å². The molecule has 1 amide bonds. The number of carbonyl (C=O) groups is 1. The van der Waals surface area contributed by atoms with Gasteiger partial charge in [-0.1, -0.05) is 48.5 Å². The molecule has 0 aliphatic heterocycles. The molecule has 0 atom stereocenters. The number of hydrogen-bond donors (Lipinski definition) is 1. The van der Waals surface area contributed by atoms with Gasteiger partial charge in [0.15, 0.2) is 0 Å². The first kappa shape index (κ1) is 16.7. The average Bonchev–Trinajstić information content (AvgIpc) is 2.58. The van der Waals surface area contributed by atoms with E-state index in [2.05, 4.69) is 21.2 Å². The van der Waals surface area contributed by atoms with E-state index in [0.29, 0.717) is 23.9 Å². The number of amides is 1. The van der Waals surface area contributed by atoms with Gasteiger partial charge in [0.1, 0.15) is 5.82 Å². The first-order valence-corrected chi connectivity index (χ1v) is 8.60. The van der Waals surface area contributed by atoms with Crippen LogP contribution in [0.5, 0.6) is 0 Å². The Hall–Kier alpha value is -2.20. The number of hydrogen-bond acceptors (Lipinski definition) is 1. The fourth-order valence-electron chi connectivity index (χ4n) is 2.72. The van der Waals surface area contributed by atoms with Gasteiger partial charge in [-0.05, 0) is 56.4 Å². The van der Waals surface area contributed by atoms with E-state index < -0.39 is 0 Å². The van der Waals surface area contributed by atoms with Crippen LogP contribution in [0.4, 0.5) is 4.39 Å². The Kier molecular flexibility index (Phi) is 5.26. The van der Waals surface area contributed by atoms with Gasteiger partial charge in [0.2, 0.25) is 5.91 Å². The normalized spacial score (nSPS) is 10.8. The summed E-state index contributed by atoms with van der Waals surface area (Å²) < 4.78 is 13.6. The van der Waals surface area contributed by atoms with Crippen molar-refractivity contribution in [3.63, 3.8) is 0 Å². The number of benzene rings is 3. The summed E-state index contributed by atoms with van der Waals surface area (Å²) in [5, 5.41) is 5.18. The van der Waals surface area contributed by atoms with Gasteiger partial charge in [-0.15, -0.1) is 0 Å². The molecule has 4 heteroatoms. The summed E-state index contributed by atoms with van der Waals surface area (Å²) in [6.07, 6.45) is 1.02. The van der Waals surface area contributed by atoms with Crippen molar-refractivity contribution in [3.05, 3.63) is 82.1 Å². The highest BCUT2D eigenvalue weighted by Crippen LogP contribution is 2.19. The molecule has 3 aromatic rings. The Balaban J connectivity index is 1.58. The van der Waals surface area contributed by atoms with Crippen molar-refractivity contribution in [3.8, 4) is 0 Å². The molecule has 0 radical (unpaired) electrons. The van der Waals surface area contributed by atoms with E-state index in [0.717, 1.165) is 21.9 Å². The fraction of sp³-hybridized carbons (Fsp3) is 0.150. The molecule has 1 N–H and O–H groups in total. The van der Waals surface area contributed by atoms with E-state index in [1.165, 1.54) is 6.07 Å². The zero-order chi connectivity index (χ0) is 16.9. The second-order valence-electron chi connectivity index (χ2n) is 5.66. The number of nitrogens with one attached hydrogen (secondary N) is 1. The lowest BCUT2D eigenvalue weighted by molar-refractivity contribution is -0.120. The fourth-order valence-corrected chi connectivity index (χ4v) is 3.15. The molecule has 3 aromatic carbocycles. The summed E-state index contributed by atoms with van der Waals surface area (Å²) >= 11 is 3.17. The molecule has 0 aliphatic carbocycles. The van der Waals surface area contributed by atoms with Crippen LogP contribution in [0.2, 0.25) is 0 Å². The van der Waals surface area contributed by atoms with Crippen LogP contribution < -0.4 is 5.32 Å². The summed E-state index contributed by atoms with van der Waals surface area (Å²) in [6.45, 7) is 0.529. The van der Waals surface area contributed by atoms with Gasteiger partial charge < -0.3 is 5.32 Å². The number of fused-ring (bicyclic) bond motifs is 1. The maximum Gasteiger partial charge on any atom is 0.224 e. The highest BCUT2D eigenvalue weighted by atomic mass is 79.9. The van der Waals surface area contributed by atoms with Gasteiger partial charge in [-0.3, -0.25) is 4.79 Å². The highest BCUT2D eigenvalue weighted by Gasteiger charge is 2.07. The van der Waals surface area contributed by atoms with Crippen LogP contribution in [0, 0.1) is 5.82 Å². The zero-order valence-electron chi connectivity index (χ0n) is 13.1. The van der Waals surface area contributed by atoms with Crippen molar-refractivity contribution in [2.24, 2.45) is 0 Å². The van der Waals surface area contributed by atoms with Crippen molar-refractivity contribution in [2.75, 3.05) is 6.54 Å². The summed E-state index contributed by atoms with van der Waals surface area (Å²) in [7, 11) is 0. The monoisotopic (exact) mass is 385 g/mol. The molecule has 24 heavy (non-hydrogen) atoms. The van der Waals surface area contributed by atoms with E-state index in [9.17, 15) is 9.18 Å². The van der Waals surface area contributed by atoms with Crippen molar-refractivity contribution < 1.29 is 9.18 Å². The lowest BCUT2D eigenvalue weighted by Crippen LogP contribution is -2.27. The molecule has 0 spiro atoms. The van der Waals surface area contributed by atoms with Crippen LogP contribution in [0.25, 0.3) is 10.8 Å². The van der Waals surface area contributed by atoms with E-state index >= 15 is 0 Å². The number of rotatable bonds is 5. The average molecular weight is 386 g/mol. The minimum absolute atomic E-state index is 0.00692. The zero-order valence-corrected chi connectivity index (χ0v) is 14.6. The van der Waals surface area contributed by atoms with E-state index in [1.807, 2.05) is 42.5 Å². The van der Waals surface area contributed by atoms with Crippen LogP contribution >= 0.6 is 15.9 Å². The number of halogens is 2. The topological polar surface area (TPSA) is 29.1 Å². The standard InChI is InChI=1S/C20H17BrFNO/c21-18-12-14(8-9-19(18)22)10-11-23-20(24)13-16-6-3-5-15-4-1-2-7-17(15)16/h1-9,12H,10-11,13H2,(H,23,24). The molecular formula is C20H17BrFNO. The SMILES string of the molecule is O=C(Cc1cccc2ccccc12)NCCc1ccc(F)c(Br)c1. The molecule has 2 nitrogen and oxygen atoms in total. The summed E-state index contributed by atoms with van der Waals surface area (Å²) in [6, 6.07) is 19.0. The highest BCUT2D eigenvalue weighted by molar-refractivity contribution is 9.10. The molecule has 122 valence electrons. The van der Waals surface area contributed by atoms with E-state index in [1.54, 1.807) is 12.1 Å². The van der Waals surface area contributed by atoms with Crippen molar-refractivity contribution in [1.82, 2.24) is 5.32 Å². The molecular weight excluding hydrogens is 369 g/mol. The first-order valence-electron chi connectivity index (χ1n) is 7.81. The largest absolute Gasteiger partial charge is 0.355 e. The quantitative estimate of drug-likeness (QED) is 0.680. The predicted molar refractivity (Wildman–Crippen MR) is 98.5 cm³/mol. The maximum atomic E-state index is 13.2. The van der Waals surface area contributed by atoms with Crippen LogP contribution in [-0.4, -0.2) is 12.5 Å². The van der Waals surface area contributed by atoms with Gasteiger partial charge in [0.25, 0.3) is 0 Å². The Bertz CT molecular complexity index is 873. The van der Waals surface area contributed by atoms with Crippen molar-refractivity contribution in [2.45, 2.75) is 12.8 Å². The molecule has 0 unspecified atom stereocenters. The van der Waals surface area contributed by atoms with Crippen molar-refractivity contribution in [1.29, 1.82) is 0 Å². The van der Waals surface area contributed by atoms with E-state index in [4.69, 9.17) is 0 Å². The molecule has 0 saturated carbocycles. The Labute approximate surface area is 148 Å². The van der Waals surface area contributed by atoms with Gasteiger partial charge in [-0.2, -0.15) is 0 Å². The van der Waals surface area contributed by atoms with Gasteiger partial charge in [0.05, 0.1) is 10.9 Å². The molecule has 0 aromatic heterocycles. The Morgan fingerprint density at radius 2 is 1.83 bits per heavy atom. The third-order valence-corrected chi connectivity index (χ3v) is 4.56. The molecule has 0 bridgehead atoms. The summed E-state index contributed by atoms with van der Waals surface area (Å²) in [4.78, 5) is 12.2. The lowest BCUT2D eigenvalue weighted by Gasteiger charge is -2.08. The molecule has 0 aliphatic rings. The van der Waals surface area contributed by atoms with E-state index in [-0.39, 0.29) is 11.7 Å². The van der Waals surface area contributed by atoms with Crippen LogP contribution in [0.3, 0.4) is 0 Å². The van der Waals surface area contributed by atoms with Gasteiger partial charge in [-0.25, -0.2) is 4.39 Å². The Morgan fingerprint density at radius 3 is 2.67 bits per heavy atom. The third kappa shape index (κ3) is 4.01. The third-order valence-electron chi connectivity index (χ3n) is 3.95. The minimum Gasteiger partial charge on any atom is -0.355 e. The first-order chi connectivity index (χ1) is 11.6. The minimum atomic E-state index is -0.279. The molecule has 0 saturated heterocycles. The summed E-state index contributed by atoms with van der Waals surface area (Å²) in [5.41, 5.74) is 2.00. The molecule has 0 fully saturated rings. The lowest BCUT2D eigenvalue weighted by atomic mass is 10.0. The van der Waals surface area contributed by atoms with Crippen LogP contribution in [-0.2, 0) is 17.6 Å². The second kappa shape index (κ2) is 7.58. The van der Waals surface area contributed by atoms with Gasteiger partial charge in [0, 0.05) is 6.54 Å². The summed E-state index contributed by atoms with van der Waals surface area (Å²) in [5.74, 6) is -0.286. The van der Waals surface area contributed by atoms with Crippen LogP contribution in [0.15, 0.2) is 65.1 Å². The Morgan fingerprint density at radius 1 is 1.04 bits per heavy atom. The smallest absolute Gasteiger partial charge is 0.224 e. The number of carbonyl (C=O) groups excluding carboxylic acids is 1. The van der Waals surface area contributed by atoms with Crippen molar-refractivity contribution >= 4 is 32.6 Å². The maximum absolute atomic E-state index is 13.2.